The molecule has 10 heteroatoms. The second-order valence-electron chi connectivity index (χ2n) is 15.0. The van der Waals surface area contributed by atoms with Crippen molar-refractivity contribution in [2.45, 2.75) is 57.8 Å². The van der Waals surface area contributed by atoms with Crippen molar-refractivity contribution >= 4 is 40.5 Å². The van der Waals surface area contributed by atoms with Crippen molar-refractivity contribution in [2.75, 3.05) is 31.2 Å². The number of hydrogen-bond donors (Lipinski definition) is 3. The van der Waals surface area contributed by atoms with E-state index < -0.39 is 12.6 Å². The average Bonchev–Trinajstić information content (AvgIpc) is 3.66. The number of fused-ring (bicyclic) bond motifs is 6. The molecule has 3 aromatic heterocycles. The summed E-state index contributed by atoms with van der Waals surface area (Å²) in [7, 11) is 1.95. The maximum absolute atomic E-state index is 14.6. The average molecular weight is 744 g/mol. The fourth-order valence-electron chi connectivity index (χ4n) is 8.33. The van der Waals surface area contributed by atoms with E-state index in [1.165, 1.54) is 40.7 Å². The quantitative estimate of drug-likeness (QED) is 0.0948. The minimum atomic E-state index is -2.58. The number of allylic oxidation sites excluding steroid dienone is 2. The molecule has 3 aliphatic rings. The molecule has 278 valence electrons. The number of pyridine rings is 1. The summed E-state index contributed by atoms with van der Waals surface area (Å²) in [6.07, 6.45) is 15.9. The van der Waals surface area contributed by atoms with E-state index in [9.17, 15) is 14.1 Å². The zero-order valence-electron chi connectivity index (χ0n) is 31.1. The standard InChI is InChI=1S/C30H26FN3O2.C14H21N2OP/c1-19(21-13-14-28-24(17-21)22-9-3-5-12-27(22)36-28)33-26-18-32-29(23-10-2-4-11-25(23)31)34(30(26)35)16-15-20-7-6-8-20;1-3-6-18(17)10-14(18)13-4-5-16-8-11(13)7-12(18)9-15-2/h2-5,9-15,17-19,33H,6-8,16H2,1H3;4-5,7-8,14-15,17H,3,6,9-10H2,1-2H3. The van der Waals surface area contributed by atoms with Crippen molar-refractivity contribution in [2.24, 2.45) is 0 Å². The van der Waals surface area contributed by atoms with Gasteiger partial charge in [0, 0.05) is 23.4 Å². The monoisotopic (exact) mass is 743 g/mol. The molecule has 54 heavy (non-hydrogen) atoms. The van der Waals surface area contributed by atoms with Crippen molar-refractivity contribution in [1.29, 1.82) is 0 Å². The third-order valence-electron chi connectivity index (χ3n) is 11.5. The van der Waals surface area contributed by atoms with Crippen LogP contribution in [0.2, 0.25) is 0 Å². The summed E-state index contributed by atoms with van der Waals surface area (Å²) in [6, 6.07) is 22.4. The first kappa shape index (κ1) is 36.0. The zero-order chi connectivity index (χ0) is 37.5. The number of anilines is 1. The van der Waals surface area contributed by atoms with Crippen molar-refractivity contribution in [3.05, 3.63) is 141 Å². The van der Waals surface area contributed by atoms with Crippen LogP contribution in [0.5, 0.6) is 0 Å². The molecule has 2 atom stereocenters. The molecule has 1 saturated carbocycles. The topological polar surface area (TPSA) is 105 Å². The number of hydrogen-bond acceptors (Lipinski definition) is 7. The van der Waals surface area contributed by atoms with Gasteiger partial charge in [0.25, 0.3) is 5.56 Å². The number of benzene rings is 3. The summed E-state index contributed by atoms with van der Waals surface area (Å²) in [4.78, 5) is 33.8. The first-order valence-electron chi connectivity index (χ1n) is 19.0. The zero-order valence-corrected chi connectivity index (χ0v) is 32.0. The minimum absolute atomic E-state index is 0.157. The Kier molecular flexibility index (Phi) is 9.59. The summed E-state index contributed by atoms with van der Waals surface area (Å²) in [5, 5.41) is 9.91. The van der Waals surface area contributed by atoms with Gasteiger partial charge in [-0.25, -0.2) is 9.37 Å². The number of para-hydroxylation sites is 1. The molecular formula is C44H47FN5O3P. The number of rotatable bonds is 10. The molecule has 0 radical (unpaired) electrons. The van der Waals surface area contributed by atoms with Crippen molar-refractivity contribution in [3.8, 4) is 11.4 Å². The molecule has 2 unspecified atom stereocenters. The van der Waals surface area contributed by atoms with Gasteiger partial charge >= 0.3 is 108 Å². The van der Waals surface area contributed by atoms with Crippen LogP contribution in [0.15, 0.2) is 118 Å². The van der Waals surface area contributed by atoms with Gasteiger partial charge in [-0.3, -0.25) is 9.36 Å². The molecule has 3 N–H and O–H groups in total. The third-order valence-corrected chi connectivity index (χ3v) is 17.3. The van der Waals surface area contributed by atoms with Crippen molar-refractivity contribution in [3.63, 3.8) is 0 Å². The fourth-order valence-corrected chi connectivity index (χ4v) is 14.3. The van der Waals surface area contributed by atoms with E-state index in [0.717, 1.165) is 65.6 Å². The van der Waals surface area contributed by atoms with E-state index in [2.05, 4.69) is 51.8 Å². The maximum atomic E-state index is 14.6. The molecule has 1 saturated heterocycles. The SMILES string of the molecule is CC(Nc1cnc(-c2ccccc2F)n(CC=C2CCC2)c1=O)c1ccc2oc3ccccc3c2c1.CCCP12(O)CC1c1ccncc1C=C2CNC. The summed E-state index contributed by atoms with van der Waals surface area (Å²) in [5.74, 6) is -0.0667. The molecule has 9 rings (SSSR count). The van der Waals surface area contributed by atoms with Crippen LogP contribution < -0.4 is 16.2 Å². The second kappa shape index (κ2) is 14.4. The van der Waals surface area contributed by atoms with Gasteiger partial charge in [-0.1, -0.05) is 48.0 Å². The van der Waals surface area contributed by atoms with Crippen LogP contribution in [0.1, 0.15) is 67.9 Å². The Morgan fingerprint density at radius 2 is 1.85 bits per heavy atom. The van der Waals surface area contributed by atoms with Gasteiger partial charge < -0.3 is 9.73 Å². The van der Waals surface area contributed by atoms with E-state index in [4.69, 9.17) is 4.42 Å². The Morgan fingerprint density at radius 3 is 2.63 bits per heavy atom. The number of aromatic nitrogens is 3. The normalized spacial score (nSPS) is 18.8. The summed E-state index contributed by atoms with van der Waals surface area (Å²) >= 11 is 0. The van der Waals surface area contributed by atoms with Gasteiger partial charge in [0.05, 0.1) is 11.8 Å². The molecule has 2 fully saturated rings. The Hall–Kier alpha value is -4.95. The molecule has 6 aromatic rings. The Balaban J connectivity index is 0.000000192. The van der Waals surface area contributed by atoms with Gasteiger partial charge in [-0.2, -0.15) is 0 Å². The van der Waals surface area contributed by atoms with Crippen LogP contribution in [0, 0.1) is 5.82 Å². The third kappa shape index (κ3) is 6.38. The molecule has 0 bridgehead atoms. The summed E-state index contributed by atoms with van der Waals surface area (Å²) < 4.78 is 22.1. The molecular weight excluding hydrogens is 696 g/mol. The Morgan fingerprint density at radius 1 is 1.06 bits per heavy atom. The summed E-state index contributed by atoms with van der Waals surface area (Å²) in [5.41, 5.74) is 7.42. The Labute approximate surface area is 314 Å². The van der Waals surface area contributed by atoms with Gasteiger partial charge in [0.2, 0.25) is 0 Å². The number of nitrogens with one attached hydrogen (secondary N) is 2. The summed E-state index contributed by atoms with van der Waals surface area (Å²) in [6.45, 7) is 2.77. The molecule has 3 aromatic carbocycles. The van der Waals surface area contributed by atoms with E-state index in [1.54, 1.807) is 22.8 Å². The molecule has 5 heterocycles. The van der Waals surface area contributed by atoms with E-state index in [-0.39, 0.29) is 11.6 Å². The van der Waals surface area contributed by atoms with Crippen LogP contribution in [-0.2, 0) is 6.54 Å². The van der Waals surface area contributed by atoms with Gasteiger partial charge in [-0.05, 0) is 62.1 Å². The van der Waals surface area contributed by atoms with Crippen molar-refractivity contribution in [1.82, 2.24) is 19.9 Å². The first-order chi connectivity index (χ1) is 26.2. The molecule has 0 spiro atoms. The number of halogens is 1. The Bertz CT molecular complexity index is 2500. The van der Waals surface area contributed by atoms with E-state index in [0.29, 0.717) is 29.3 Å². The first-order valence-corrected chi connectivity index (χ1v) is 21.6. The fraction of sp³-hybridized carbons (Fsp3) is 0.295. The van der Waals surface area contributed by atoms with E-state index in [1.807, 2.05) is 62.8 Å². The van der Waals surface area contributed by atoms with Crippen LogP contribution >= 0.6 is 6.83 Å². The van der Waals surface area contributed by atoms with Gasteiger partial charge in [0.15, 0.2) is 0 Å². The van der Waals surface area contributed by atoms with E-state index >= 15 is 0 Å². The predicted octanol–water partition coefficient (Wildman–Crippen LogP) is 9.81. The van der Waals surface area contributed by atoms with Gasteiger partial charge in [-0.15, -0.1) is 0 Å². The number of nitrogens with zero attached hydrogens (tertiary/aromatic N) is 3. The van der Waals surface area contributed by atoms with Gasteiger partial charge in [0.1, 0.15) is 28.5 Å². The molecule has 0 amide bonds. The molecule has 1 aliphatic carbocycles. The van der Waals surface area contributed by atoms with Crippen LogP contribution in [0.3, 0.4) is 0 Å². The molecule has 2 aliphatic heterocycles. The predicted molar refractivity (Wildman–Crippen MR) is 220 cm³/mol. The van der Waals surface area contributed by atoms with Crippen LogP contribution in [0.25, 0.3) is 39.4 Å². The molecule has 8 nitrogen and oxygen atoms in total. The number of furan rings is 1. The van der Waals surface area contributed by atoms with Crippen molar-refractivity contribution < 1.29 is 13.7 Å². The second-order valence-corrected chi connectivity index (χ2v) is 20.0. The van der Waals surface area contributed by atoms with Crippen LogP contribution in [-0.4, -0.2) is 45.3 Å². The number of likely N-dealkylation sites (N-methyl/N-ethyl adjacent to an activating group) is 1. The van der Waals surface area contributed by atoms with Crippen LogP contribution in [0.4, 0.5) is 10.1 Å².